The van der Waals surface area contributed by atoms with Gasteiger partial charge in [0.25, 0.3) is 0 Å². The molecule has 5 aliphatic carbocycles. The molecule has 6 atom stereocenters. The fraction of sp³-hybridized carbons (Fsp3) is 0.512. The first-order valence-corrected chi connectivity index (χ1v) is 17.2. The number of ketones is 1. The van der Waals surface area contributed by atoms with Crippen molar-refractivity contribution in [3.63, 3.8) is 0 Å². The molecule has 3 saturated carbocycles. The molecular formula is C41H52ClNO3. The number of benzene rings is 2. The van der Waals surface area contributed by atoms with Crippen molar-refractivity contribution in [2.24, 2.45) is 28.6 Å². The first-order valence-electron chi connectivity index (χ1n) is 17.2. The second-order valence-electron chi connectivity index (χ2n) is 14.9. The van der Waals surface area contributed by atoms with Crippen molar-refractivity contribution in [3.05, 3.63) is 88.5 Å². The molecule has 4 nitrogen and oxygen atoms in total. The summed E-state index contributed by atoms with van der Waals surface area (Å²) in [7, 11) is 4.24. The Hall–Kier alpha value is -2.95. The summed E-state index contributed by atoms with van der Waals surface area (Å²) in [5.74, 6) is 2.33. The van der Waals surface area contributed by atoms with E-state index in [-0.39, 0.29) is 35.3 Å². The van der Waals surface area contributed by atoms with Gasteiger partial charge in [0, 0.05) is 31.7 Å². The van der Waals surface area contributed by atoms with E-state index in [1.165, 1.54) is 46.7 Å². The highest BCUT2D eigenvalue weighted by atomic mass is 35.5. The molecule has 0 N–H and O–H groups in total. The number of hydrogen-bond acceptors (Lipinski definition) is 4. The Labute approximate surface area is 282 Å². The van der Waals surface area contributed by atoms with Gasteiger partial charge in [0.15, 0.2) is 0 Å². The highest BCUT2D eigenvalue weighted by Crippen LogP contribution is 2.64. The summed E-state index contributed by atoms with van der Waals surface area (Å²) in [5.41, 5.74) is 8.34. The zero-order chi connectivity index (χ0) is 31.8. The second-order valence-corrected chi connectivity index (χ2v) is 14.9. The van der Waals surface area contributed by atoms with Crippen molar-refractivity contribution in [2.75, 3.05) is 20.6 Å². The van der Waals surface area contributed by atoms with E-state index in [0.29, 0.717) is 23.5 Å². The van der Waals surface area contributed by atoms with Crippen LogP contribution in [-0.4, -0.2) is 43.4 Å². The number of allylic oxidation sites excluding steroid dienone is 1. The summed E-state index contributed by atoms with van der Waals surface area (Å²) in [5, 5.41) is 0. The third kappa shape index (κ3) is 6.58. The van der Waals surface area contributed by atoms with Gasteiger partial charge in [-0.05, 0) is 110 Å². The Morgan fingerprint density at radius 3 is 2.15 bits per heavy atom. The van der Waals surface area contributed by atoms with Gasteiger partial charge < -0.3 is 9.64 Å². The summed E-state index contributed by atoms with van der Waals surface area (Å²) in [6, 6.07) is 17.3. The highest BCUT2D eigenvalue weighted by Gasteiger charge is 2.58. The number of ether oxygens (including phenoxy) is 1. The van der Waals surface area contributed by atoms with E-state index >= 15 is 0 Å². The summed E-state index contributed by atoms with van der Waals surface area (Å²) in [4.78, 5) is 26.0. The number of fused-ring (bicyclic) bond motifs is 7. The Kier molecular flexibility index (Phi) is 10.5. The van der Waals surface area contributed by atoms with E-state index in [0.717, 1.165) is 57.9 Å². The maximum atomic E-state index is 12.4. The average molecular weight is 642 g/mol. The molecule has 0 spiro atoms. The van der Waals surface area contributed by atoms with Crippen LogP contribution in [0.2, 0.25) is 0 Å². The lowest BCUT2D eigenvalue weighted by atomic mass is 9.48. The number of hydrogen-bond donors (Lipinski definition) is 0. The first-order chi connectivity index (χ1) is 21.6. The van der Waals surface area contributed by atoms with E-state index in [4.69, 9.17) is 4.74 Å². The van der Waals surface area contributed by atoms with Crippen molar-refractivity contribution in [2.45, 2.75) is 84.7 Å². The second kappa shape index (κ2) is 14.0. The molecule has 0 aromatic heterocycles. The van der Waals surface area contributed by atoms with Crippen molar-refractivity contribution in [1.29, 1.82) is 0 Å². The largest absolute Gasteiger partial charge is 0.462 e. The van der Waals surface area contributed by atoms with E-state index in [2.05, 4.69) is 106 Å². The number of halogens is 1. The Balaban J connectivity index is 0.000000179. The van der Waals surface area contributed by atoms with Gasteiger partial charge in [0.05, 0.1) is 0 Å². The summed E-state index contributed by atoms with van der Waals surface area (Å²) in [6.45, 7) is 7.26. The van der Waals surface area contributed by atoms with Gasteiger partial charge >= 0.3 is 5.97 Å². The quantitative estimate of drug-likeness (QED) is 0.210. The van der Waals surface area contributed by atoms with Crippen LogP contribution in [0.4, 0.5) is 0 Å². The predicted molar refractivity (Wildman–Crippen MR) is 192 cm³/mol. The molecule has 46 heavy (non-hydrogen) atoms. The van der Waals surface area contributed by atoms with Crippen LogP contribution < -0.4 is 0 Å². The SMILES string of the molecule is CC(=O)OC1CCC2(C)C(=CCC3C4CCC(=O)C4(C)CCC32)C1.CN(C)CCC=C1c2ccccc2C=Cc2ccccc21.Cl. The molecule has 0 saturated heterocycles. The van der Waals surface area contributed by atoms with Crippen LogP contribution in [0.5, 0.6) is 0 Å². The van der Waals surface area contributed by atoms with Gasteiger partial charge in [0.1, 0.15) is 11.9 Å². The molecular weight excluding hydrogens is 590 g/mol. The van der Waals surface area contributed by atoms with Crippen molar-refractivity contribution < 1.29 is 14.3 Å². The molecule has 2 aromatic carbocycles. The molecule has 0 amide bonds. The number of nitrogens with zero attached hydrogens (tertiary/aromatic N) is 1. The van der Waals surface area contributed by atoms with Crippen molar-refractivity contribution in [3.8, 4) is 0 Å². The van der Waals surface area contributed by atoms with Gasteiger partial charge in [-0.1, -0.05) is 92.3 Å². The normalized spacial score (nSPS) is 30.5. The molecule has 246 valence electrons. The van der Waals surface area contributed by atoms with Crippen LogP contribution in [-0.2, 0) is 14.3 Å². The molecule has 0 heterocycles. The Bertz CT molecular complexity index is 1490. The molecule has 0 bridgehead atoms. The van der Waals surface area contributed by atoms with Gasteiger partial charge in [-0.2, -0.15) is 0 Å². The molecule has 6 unspecified atom stereocenters. The number of Topliss-reactive ketones (excluding diaryl/α,β-unsaturated/α-hetero) is 1. The fourth-order valence-electron chi connectivity index (χ4n) is 9.52. The zero-order valence-corrected chi connectivity index (χ0v) is 29.2. The molecule has 5 aliphatic rings. The van der Waals surface area contributed by atoms with Gasteiger partial charge in [-0.3, -0.25) is 9.59 Å². The van der Waals surface area contributed by atoms with Gasteiger partial charge in [0.2, 0.25) is 0 Å². The number of esters is 1. The van der Waals surface area contributed by atoms with Crippen LogP contribution >= 0.6 is 12.4 Å². The van der Waals surface area contributed by atoms with Crippen molar-refractivity contribution in [1.82, 2.24) is 4.90 Å². The van der Waals surface area contributed by atoms with E-state index in [1.807, 2.05) is 0 Å². The third-order valence-corrected chi connectivity index (χ3v) is 12.0. The Morgan fingerprint density at radius 1 is 0.913 bits per heavy atom. The third-order valence-electron chi connectivity index (χ3n) is 12.0. The van der Waals surface area contributed by atoms with Crippen LogP contribution in [0, 0.1) is 28.6 Å². The number of carbonyl (C=O) groups is 2. The maximum absolute atomic E-state index is 12.4. The number of carbonyl (C=O) groups excluding carboxylic acids is 2. The maximum Gasteiger partial charge on any atom is 0.302 e. The minimum absolute atomic E-state index is 0. The molecule has 5 heteroatoms. The molecule has 7 rings (SSSR count). The average Bonchev–Trinajstić information content (AvgIpc) is 3.23. The monoisotopic (exact) mass is 641 g/mol. The standard InChI is InChI=1S/C21H30O3.C20H21N.ClH/c1-13(22)24-15-8-10-20(2)14(12-15)4-5-16-17-6-7-19(23)21(17,3)11-9-18(16)20;1-21(2)15-7-12-20-18-10-5-3-8-16(18)13-14-17-9-4-6-11-19(17)20;/h4,15-18H,5-12H2,1-3H3;3-6,8-14H,7,15H2,1-2H3;1H. The van der Waals surface area contributed by atoms with Gasteiger partial charge in [-0.25, -0.2) is 0 Å². The first kappa shape index (κ1) is 34.4. The Morgan fingerprint density at radius 2 is 1.52 bits per heavy atom. The van der Waals surface area contributed by atoms with Crippen molar-refractivity contribution >= 4 is 41.9 Å². The topological polar surface area (TPSA) is 46.6 Å². The highest BCUT2D eigenvalue weighted by molar-refractivity contribution is 5.93. The fourth-order valence-corrected chi connectivity index (χ4v) is 9.52. The van der Waals surface area contributed by atoms with Crippen LogP contribution in [0.15, 0.2) is 66.3 Å². The van der Waals surface area contributed by atoms with Crippen LogP contribution in [0.25, 0.3) is 17.7 Å². The van der Waals surface area contributed by atoms with E-state index < -0.39 is 0 Å². The summed E-state index contributed by atoms with van der Waals surface area (Å²) >= 11 is 0. The molecule has 3 fully saturated rings. The smallest absolute Gasteiger partial charge is 0.302 e. The zero-order valence-electron chi connectivity index (χ0n) is 28.4. The van der Waals surface area contributed by atoms with Crippen LogP contribution in [0.1, 0.15) is 101 Å². The lowest BCUT2D eigenvalue weighted by molar-refractivity contribution is -0.148. The van der Waals surface area contributed by atoms with Crippen LogP contribution in [0.3, 0.4) is 0 Å². The summed E-state index contributed by atoms with van der Waals surface area (Å²) < 4.78 is 5.50. The molecule has 0 radical (unpaired) electrons. The van der Waals surface area contributed by atoms with E-state index in [9.17, 15) is 9.59 Å². The lowest BCUT2D eigenvalue weighted by Crippen LogP contribution is -2.50. The minimum Gasteiger partial charge on any atom is -0.462 e. The minimum atomic E-state index is -0.157. The van der Waals surface area contributed by atoms with E-state index in [1.54, 1.807) is 0 Å². The lowest BCUT2D eigenvalue weighted by Gasteiger charge is -2.56. The molecule has 2 aromatic rings. The number of rotatable bonds is 4. The summed E-state index contributed by atoms with van der Waals surface area (Å²) in [6.07, 6.45) is 18.7. The predicted octanol–water partition coefficient (Wildman–Crippen LogP) is 9.43. The van der Waals surface area contributed by atoms with Gasteiger partial charge in [-0.15, -0.1) is 12.4 Å². The molecule has 0 aliphatic heterocycles.